The van der Waals surface area contributed by atoms with Crippen LogP contribution in [0.15, 0.2) is 17.6 Å². The van der Waals surface area contributed by atoms with E-state index < -0.39 is 0 Å². The van der Waals surface area contributed by atoms with Gasteiger partial charge in [0.05, 0.1) is 18.0 Å². The minimum atomic E-state index is -0.0365. The lowest BCUT2D eigenvalue weighted by atomic mass is 9.83. The van der Waals surface area contributed by atoms with E-state index in [0.717, 1.165) is 25.9 Å². The van der Waals surface area contributed by atoms with Crippen LogP contribution in [0.3, 0.4) is 0 Å². The van der Waals surface area contributed by atoms with Crippen LogP contribution in [-0.4, -0.2) is 26.4 Å². The summed E-state index contributed by atoms with van der Waals surface area (Å²) in [5.41, 5.74) is -0.0365. The number of hydrogen-bond donors (Lipinski definition) is 1. The van der Waals surface area contributed by atoms with Crippen LogP contribution in [-0.2, 0) is 0 Å². The molecule has 1 saturated heterocycles. The van der Waals surface area contributed by atoms with Crippen molar-refractivity contribution in [1.29, 1.82) is 5.26 Å². The maximum Gasteiger partial charge on any atom is 0.0687 e. The summed E-state index contributed by atoms with van der Waals surface area (Å²) in [5.74, 6) is 0. The number of nitriles is 1. The average molecular weight is 223 g/mol. The molecule has 16 heavy (non-hydrogen) atoms. The second-order valence-electron chi connectivity index (χ2n) is 3.62. The van der Waals surface area contributed by atoms with Crippen molar-refractivity contribution >= 4 is 6.72 Å². The van der Waals surface area contributed by atoms with E-state index in [2.05, 4.69) is 29.7 Å². The smallest absolute Gasteiger partial charge is 0.0687 e. The molecule has 0 radical (unpaired) electrons. The Labute approximate surface area is 100 Å². The maximum atomic E-state index is 8.67. The highest BCUT2D eigenvalue weighted by molar-refractivity contribution is 5.23. The van der Waals surface area contributed by atoms with E-state index in [9.17, 15) is 0 Å². The molecule has 0 aromatic carbocycles. The summed E-state index contributed by atoms with van der Waals surface area (Å²) in [5, 5.41) is 11.9. The predicted molar refractivity (Wildman–Crippen MR) is 71.8 cm³/mol. The summed E-state index contributed by atoms with van der Waals surface area (Å²) in [7, 11) is 0. The van der Waals surface area contributed by atoms with Gasteiger partial charge in [-0.05, 0) is 39.6 Å². The van der Waals surface area contributed by atoms with Crippen LogP contribution in [0.5, 0.6) is 0 Å². The van der Waals surface area contributed by atoms with Gasteiger partial charge >= 0.3 is 0 Å². The van der Waals surface area contributed by atoms with Gasteiger partial charge in [0.15, 0.2) is 0 Å². The first kappa shape index (κ1) is 17.3. The molecule has 1 aliphatic heterocycles. The zero-order valence-corrected chi connectivity index (χ0v) is 10.9. The number of piperidine rings is 1. The van der Waals surface area contributed by atoms with E-state index >= 15 is 0 Å². The highest BCUT2D eigenvalue weighted by atomic mass is 14.9. The average Bonchev–Trinajstić information content (AvgIpc) is 2.34. The molecule has 1 rings (SSSR count). The molecule has 0 aliphatic carbocycles. The summed E-state index contributed by atoms with van der Waals surface area (Å²) in [4.78, 5) is 3.49. The van der Waals surface area contributed by atoms with Crippen molar-refractivity contribution in [2.45, 2.75) is 33.6 Å². The van der Waals surface area contributed by atoms with Gasteiger partial charge in [-0.25, -0.2) is 0 Å². The lowest BCUT2D eigenvalue weighted by molar-refractivity contribution is 0.312. The first-order valence-corrected chi connectivity index (χ1v) is 5.84. The number of nitrogens with one attached hydrogen (secondary N) is 1. The molecule has 3 heteroatoms. The van der Waals surface area contributed by atoms with Gasteiger partial charge in [-0.1, -0.05) is 19.9 Å². The fourth-order valence-electron chi connectivity index (χ4n) is 1.18. The molecule has 0 aromatic rings. The van der Waals surface area contributed by atoms with E-state index in [4.69, 9.17) is 5.26 Å². The molecule has 0 spiro atoms. The summed E-state index contributed by atoms with van der Waals surface area (Å²) < 4.78 is 0. The predicted octanol–water partition coefficient (Wildman–Crippen LogP) is 2.80. The van der Waals surface area contributed by atoms with Crippen molar-refractivity contribution in [1.82, 2.24) is 5.32 Å². The minimum Gasteiger partial charge on any atom is -0.317 e. The topological polar surface area (TPSA) is 48.2 Å². The van der Waals surface area contributed by atoms with Crippen molar-refractivity contribution < 1.29 is 0 Å². The Bertz CT molecular complexity index is 204. The van der Waals surface area contributed by atoms with Gasteiger partial charge in [-0.3, -0.25) is 4.99 Å². The van der Waals surface area contributed by atoms with Gasteiger partial charge < -0.3 is 5.32 Å². The SMILES string of the molecule is C=CCN=C.CC.CC1(C#N)CCNCC1. The summed E-state index contributed by atoms with van der Waals surface area (Å²) >= 11 is 0. The van der Waals surface area contributed by atoms with Crippen LogP contribution < -0.4 is 5.32 Å². The summed E-state index contributed by atoms with van der Waals surface area (Å²) in [6, 6.07) is 2.34. The zero-order valence-electron chi connectivity index (χ0n) is 10.9. The molecule has 1 fully saturated rings. The highest BCUT2D eigenvalue weighted by Gasteiger charge is 2.25. The van der Waals surface area contributed by atoms with Crippen LogP contribution >= 0.6 is 0 Å². The Balaban J connectivity index is 0. The molecule has 1 aliphatic rings. The highest BCUT2D eigenvalue weighted by Crippen LogP contribution is 2.25. The first-order valence-electron chi connectivity index (χ1n) is 5.84. The van der Waals surface area contributed by atoms with E-state index in [1.54, 1.807) is 6.08 Å². The second-order valence-corrected chi connectivity index (χ2v) is 3.62. The Kier molecular flexibility index (Phi) is 12.9. The van der Waals surface area contributed by atoms with Gasteiger partial charge in [0, 0.05) is 0 Å². The fourth-order valence-corrected chi connectivity index (χ4v) is 1.18. The second kappa shape index (κ2) is 11.9. The number of rotatable bonds is 2. The van der Waals surface area contributed by atoms with Crippen LogP contribution in [0.1, 0.15) is 33.6 Å². The standard InChI is InChI=1S/C7H12N2.C4H7N.C2H6/c1-7(6-8)2-4-9-5-3-7;1-3-4-5-2;1-2/h9H,2-5H2,1H3;3H,1-2,4H2;1-2H3. The van der Waals surface area contributed by atoms with Crippen LogP contribution in [0.2, 0.25) is 0 Å². The molecule has 0 saturated carbocycles. The van der Waals surface area contributed by atoms with Gasteiger partial charge in [-0.15, -0.1) is 6.58 Å². The third-order valence-electron chi connectivity index (χ3n) is 2.24. The largest absolute Gasteiger partial charge is 0.317 e. The van der Waals surface area contributed by atoms with Crippen LogP contribution in [0.25, 0.3) is 0 Å². The van der Waals surface area contributed by atoms with Crippen molar-refractivity contribution in [3.05, 3.63) is 12.7 Å². The fraction of sp³-hybridized carbons (Fsp3) is 0.692. The van der Waals surface area contributed by atoms with E-state index in [-0.39, 0.29) is 5.41 Å². The zero-order chi connectivity index (χ0) is 12.9. The molecule has 0 amide bonds. The maximum absolute atomic E-state index is 8.67. The Hall–Kier alpha value is -1.14. The molecule has 3 nitrogen and oxygen atoms in total. The third-order valence-corrected chi connectivity index (χ3v) is 2.24. The molecule has 0 aromatic heterocycles. The molecular formula is C13H25N3. The van der Waals surface area contributed by atoms with E-state index in [1.165, 1.54) is 0 Å². The number of hydrogen-bond acceptors (Lipinski definition) is 3. The van der Waals surface area contributed by atoms with Crippen molar-refractivity contribution in [3.63, 3.8) is 0 Å². The number of nitrogens with zero attached hydrogens (tertiary/aromatic N) is 2. The molecule has 0 atom stereocenters. The molecule has 1 N–H and O–H groups in total. The molecular weight excluding hydrogens is 198 g/mol. The Morgan fingerprint density at radius 3 is 2.12 bits per heavy atom. The summed E-state index contributed by atoms with van der Waals surface area (Å²) in [6.45, 7) is 15.4. The normalized spacial score (nSPS) is 16.4. The van der Waals surface area contributed by atoms with Crippen molar-refractivity contribution in [3.8, 4) is 6.07 Å². The Morgan fingerprint density at radius 1 is 1.44 bits per heavy atom. The van der Waals surface area contributed by atoms with Crippen LogP contribution in [0, 0.1) is 16.7 Å². The monoisotopic (exact) mass is 223 g/mol. The van der Waals surface area contributed by atoms with E-state index in [0.29, 0.717) is 6.54 Å². The van der Waals surface area contributed by atoms with Crippen molar-refractivity contribution in [2.75, 3.05) is 19.6 Å². The first-order chi connectivity index (χ1) is 7.68. The summed E-state index contributed by atoms with van der Waals surface area (Å²) in [6.07, 6.45) is 3.71. The van der Waals surface area contributed by atoms with Crippen molar-refractivity contribution in [2.24, 2.45) is 10.4 Å². The van der Waals surface area contributed by atoms with Crippen LogP contribution in [0.4, 0.5) is 0 Å². The molecule has 1 heterocycles. The molecule has 92 valence electrons. The minimum absolute atomic E-state index is 0.0365. The lowest BCUT2D eigenvalue weighted by Crippen LogP contribution is -2.33. The lowest BCUT2D eigenvalue weighted by Gasteiger charge is -2.26. The quantitative estimate of drug-likeness (QED) is 0.578. The van der Waals surface area contributed by atoms with E-state index in [1.807, 2.05) is 20.8 Å². The van der Waals surface area contributed by atoms with Gasteiger partial charge in [0.1, 0.15) is 0 Å². The van der Waals surface area contributed by atoms with Gasteiger partial charge in [0.25, 0.3) is 0 Å². The van der Waals surface area contributed by atoms with Gasteiger partial charge in [0.2, 0.25) is 0 Å². The number of aliphatic imine (C=N–C) groups is 1. The van der Waals surface area contributed by atoms with Gasteiger partial charge in [-0.2, -0.15) is 5.26 Å². The third kappa shape index (κ3) is 9.42. The molecule has 0 bridgehead atoms. The Morgan fingerprint density at radius 2 is 1.94 bits per heavy atom. The molecule has 0 unspecified atom stereocenters.